The molecule has 25 heavy (non-hydrogen) atoms. The van der Waals surface area contributed by atoms with Gasteiger partial charge >= 0.3 is 0 Å². The number of hydrogen-bond acceptors (Lipinski definition) is 4. The van der Waals surface area contributed by atoms with E-state index in [1.54, 1.807) is 6.92 Å². The third kappa shape index (κ3) is 5.63. The molecule has 6 nitrogen and oxygen atoms in total. The molecule has 0 saturated carbocycles. The molecule has 134 valence electrons. The zero-order chi connectivity index (χ0) is 18.4. The number of halogens is 1. The van der Waals surface area contributed by atoms with Crippen molar-refractivity contribution in [1.82, 2.24) is 10.0 Å². The Hall–Kier alpha value is -2.29. The Morgan fingerprint density at radius 3 is 2.28 bits per heavy atom. The fourth-order valence-corrected chi connectivity index (χ4v) is 3.01. The van der Waals surface area contributed by atoms with Gasteiger partial charge in [0.2, 0.25) is 10.0 Å². The van der Waals surface area contributed by atoms with Crippen molar-refractivity contribution in [3.05, 3.63) is 65.5 Å². The van der Waals surface area contributed by atoms with E-state index in [0.29, 0.717) is 5.56 Å². The second-order valence-corrected chi connectivity index (χ2v) is 7.30. The highest BCUT2D eigenvalue weighted by atomic mass is 32.2. The predicted molar refractivity (Wildman–Crippen MR) is 90.9 cm³/mol. The number of aliphatic hydroxyl groups is 1. The van der Waals surface area contributed by atoms with E-state index in [9.17, 15) is 17.6 Å². The average molecular weight is 366 g/mol. The first-order chi connectivity index (χ1) is 11.8. The van der Waals surface area contributed by atoms with Crippen LogP contribution in [-0.4, -0.2) is 32.1 Å². The van der Waals surface area contributed by atoms with Crippen LogP contribution in [0.2, 0.25) is 0 Å². The summed E-state index contributed by atoms with van der Waals surface area (Å²) in [5, 5.41) is 11.7. The number of sulfonamides is 1. The van der Waals surface area contributed by atoms with E-state index >= 15 is 0 Å². The summed E-state index contributed by atoms with van der Waals surface area (Å²) in [6.07, 6.45) is -0.667. The second-order valence-electron chi connectivity index (χ2n) is 5.53. The number of benzene rings is 2. The number of nitrogens with one attached hydrogen (secondary N) is 2. The van der Waals surface area contributed by atoms with Gasteiger partial charge in [0, 0.05) is 18.7 Å². The predicted octanol–water partition coefficient (Wildman–Crippen LogP) is 1.41. The molecule has 8 heteroatoms. The van der Waals surface area contributed by atoms with Crippen LogP contribution in [0.1, 0.15) is 22.8 Å². The van der Waals surface area contributed by atoms with Crippen molar-refractivity contribution >= 4 is 15.9 Å². The van der Waals surface area contributed by atoms with Gasteiger partial charge in [-0.05, 0) is 48.9 Å². The molecular weight excluding hydrogens is 347 g/mol. The van der Waals surface area contributed by atoms with Crippen LogP contribution < -0.4 is 10.0 Å². The summed E-state index contributed by atoms with van der Waals surface area (Å²) in [4.78, 5) is 11.8. The SMILES string of the molecule is C[C@H](O)CNC(=O)c1ccc(S(=O)(=O)NCc2ccc(F)cc2)cc1. The summed E-state index contributed by atoms with van der Waals surface area (Å²) in [6, 6.07) is 10.9. The van der Waals surface area contributed by atoms with Gasteiger partial charge < -0.3 is 10.4 Å². The van der Waals surface area contributed by atoms with E-state index in [1.165, 1.54) is 48.5 Å². The molecule has 0 radical (unpaired) electrons. The minimum absolute atomic E-state index is 0.0155. The maximum absolute atomic E-state index is 12.8. The lowest BCUT2D eigenvalue weighted by atomic mass is 10.2. The Balaban J connectivity index is 2.01. The van der Waals surface area contributed by atoms with E-state index in [-0.39, 0.29) is 23.5 Å². The van der Waals surface area contributed by atoms with E-state index in [4.69, 9.17) is 5.11 Å². The van der Waals surface area contributed by atoms with Gasteiger partial charge in [-0.2, -0.15) is 0 Å². The Morgan fingerprint density at radius 2 is 1.72 bits per heavy atom. The van der Waals surface area contributed by atoms with Crippen LogP contribution in [0.25, 0.3) is 0 Å². The second kappa shape index (κ2) is 8.19. The van der Waals surface area contributed by atoms with Crippen LogP contribution in [0.3, 0.4) is 0 Å². The smallest absolute Gasteiger partial charge is 0.251 e. The van der Waals surface area contributed by atoms with E-state index < -0.39 is 27.9 Å². The van der Waals surface area contributed by atoms with Crippen molar-refractivity contribution in [2.45, 2.75) is 24.5 Å². The molecule has 2 rings (SSSR count). The monoisotopic (exact) mass is 366 g/mol. The number of carbonyl (C=O) groups is 1. The van der Waals surface area contributed by atoms with E-state index in [2.05, 4.69) is 10.0 Å². The van der Waals surface area contributed by atoms with Crippen LogP contribution in [0.15, 0.2) is 53.4 Å². The van der Waals surface area contributed by atoms with Gasteiger partial charge in [0.25, 0.3) is 5.91 Å². The standard InChI is InChI=1S/C17H19FN2O4S/c1-12(21)10-19-17(22)14-4-8-16(9-5-14)25(23,24)20-11-13-2-6-15(18)7-3-13/h2-9,12,20-21H,10-11H2,1H3,(H,19,22)/t12-/m0/s1. The molecule has 2 aromatic carbocycles. The minimum Gasteiger partial charge on any atom is -0.392 e. The van der Waals surface area contributed by atoms with Crippen molar-refractivity contribution in [2.75, 3.05) is 6.54 Å². The van der Waals surface area contributed by atoms with E-state index in [0.717, 1.165) is 0 Å². The minimum atomic E-state index is -3.75. The first kappa shape index (κ1) is 19.0. The van der Waals surface area contributed by atoms with Gasteiger partial charge in [-0.3, -0.25) is 4.79 Å². The lowest BCUT2D eigenvalue weighted by molar-refractivity contribution is 0.0924. The molecule has 0 unspecified atom stereocenters. The summed E-state index contributed by atoms with van der Waals surface area (Å²) in [6.45, 7) is 1.68. The molecule has 0 aliphatic heterocycles. The molecule has 0 fully saturated rings. The highest BCUT2D eigenvalue weighted by Gasteiger charge is 2.15. The van der Waals surface area contributed by atoms with Crippen LogP contribution >= 0.6 is 0 Å². The zero-order valence-electron chi connectivity index (χ0n) is 13.6. The third-order valence-electron chi connectivity index (χ3n) is 3.36. The van der Waals surface area contributed by atoms with Crippen molar-refractivity contribution < 1.29 is 22.7 Å². The van der Waals surface area contributed by atoms with Gasteiger partial charge in [-0.25, -0.2) is 17.5 Å². The maximum Gasteiger partial charge on any atom is 0.251 e. The first-order valence-electron chi connectivity index (χ1n) is 7.58. The number of hydrogen-bond donors (Lipinski definition) is 3. The number of amides is 1. The first-order valence-corrected chi connectivity index (χ1v) is 9.07. The van der Waals surface area contributed by atoms with Crippen molar-refractivity contribution in [1.29, 1.82) is 0 Å². The molecule has 0 aliphatic rings. The van der Waals surface area contributed by atoms with Gasteiger partial charge in [0.1, 0.15) is 5.82 Å². The molecule has 0 saturated heterocycles. The quantitative estimate of drug-likeness (QED) is 0.690. The molecule has 0 bridgehead atoms. The van der Waals surface area contributed by atoms with Gasteiger partial charge in [-0.1, -0.05) is 12.1 Å². The Morgan fingerprint density at radius 1 is 1.12 bits per heavy atom. The summed E-state index contributed by atoms with van der Waals surface area (Å²) < 4.78 is 39.8. The molecule has 2 aromatic rings. The Bertz CT molecular complexity index is 819. The van der Waals surface area contributed by atoms with Crippen LogP contribution in [0, 0.1) is 5.82 Å². The normalized spacial score (nSPS) is 12.6. The van der Waals surface area contributed by atoms with Crippen LogP contribution in [-0.2, 0) is 16.6 Å². The van der Waals surface area contributed by atoms with Gasteiger partial charge in [-0.15, -0.1) is 0 Å². The van der Waals surface area contributed by atoms with Crippen molar-refractivity contribution in [2.24, 2.45) is 0 Å². The molecule has 0 aliphatic carbocycles. The summed E-state index contributed by atoms with van der Waals surface area (Å²) >= 11 is 0. The average Bonchev–Trinajstić information content (AvgIpc) is 2.59. The summed E-state index contributed by atoms with van der Waals surface area (Å²) in [7, 11) is -3.75. The number of carbonyl (C=O) groups excluding carboxylic acids is 1. The molecule has 0 spiro atoms. The van der Waals surface area contributed by atoms with Crippen molar-refractivity contribution in [3.8, 4) is 0 Å². The van der Waals surface area contributed by atoms with Gasteiger partial charge in [0.05, 0.1) is 11.0 Å². The summed E-state index contributed by atoms with van der Waals surface area (Å²) in [5.41, 5.74) is 0.914. The van der Waals surface area contributed by atoms with Crippen molar-refractivity contribution in [3.63, 3.8) is 0 Å². The number of aliphatic hydroxyl groups excluding tert-OH is 1. The fraction of sp³-hybridized carbons (Fsp3) is 0.235. The Kier molecular flexibility index (Phi) is 6.24. The number of rotatable bonds is 7. The molecule has 1 atom stereocenters. The molecule has 1 amide bonds. The van der Waals surface area contributed by atoms with Gasteiger partial charge in [0.15, 0.2) is 0 Å². The largest absolute Gasteiger partial charge is 0.392 e. The van der Waals surface area contributed by atoms with E-state index in [1.807, 2.05) is 0 Å². The fourth-order valence-electron chi connectivity index (χ4n) is 1.99. The highest BCUT2D eigenvalue weighted by molar-refractivity contribution is 7.89. The molecule has 0 aromatic heterocycles. The zero-order valence-corrected chi connectivity index (χ0v) is 14.4. The lowest BCUT2D eigenvalue weighted by Crippen LogP contribution is -2.30. The maximum atomic E-state index is 12.8. The Labute approximate surface area is 145 Å². The summed E-state index contributed by atoms with van der Waals surface area (Å²) in [5.74, 6) is -0.791. The van der Waals surface area contributed by atoms with Crippen LogP contribution in [0.5, 0.6) is 0 Å². The molecule has 0 heterocycles. The highest BCUT2D eigenvalue weighted by Crippen LogP contribution is 2.12. The third-order valence-corrected chi connectivity index (χ3v) is 4.78. The molecular formula is C17H19FN2O4S. The topological polar surface area (TPSA) is 95.5 Å². The van der Waals surface area contributed by atoms with Crippen LogP contribution in [0.4, 0.5) is 4.39 Å². The molecule has 3 N–H and O–H groups in total. The lowest BCUT2D eigenvalue weighted by Gasteiger charge is -2.09.